The summed E-state index contributed by atoms with van der Waals surface area (Å²) < 4.78 is 28.2. The van der Waals surface area contributed by atoms with Crippen LogP contribution in [0.5, 0.6) is 5.75 Å². The van der Waals surface area contributed by atoms with Crippen LogP contribution in [-0.2, 0) is 14.6 Å². The lowest BCUT2D eigenvalue weighted by Gasteiger charge is -2.30. The summed E-state index contributed by atoms with van der Waals surface area (Å²) in [5.41, 5.74) is 5.86. The maximum absolute atomic E-state index is 12.0. The van der Waals surface area contributed by atoms with E-state index in [1.807, 2.05) is 0 Å². The van der Waals surface area contributed by atoms with Crippen LogP contribution in [0.2, 0.25) is 0 Å². The molecule has 0 radical (unpaired) electrons. The van der Waals surface area contributed by atoms with Crippen molar-refractivity contribution in [1.82, 2.24) is 4.90 Å². The number of nitrogens with zero attached hydrogens (tertiary/aromatic N) is 1. The second-order valence-corrected chi connectivity index (χ2v) is 7.60. The highest BCUT2D eigenvalue weighted by Crippen LogP contribution is 2.16. The molecule has 1 unspecified atom stereocenters. The molecule has 1 amide bonds. The van der Waals surface area contributed by atoms with Crippen molar-refractivity contribution in [1.29, 1.82) is 0 Å². The Morgan fingerprint density at radius 1 is 1.35 bits per heavy atom. The molecule has 1 aromatic rings. The van der Waals surface area contributed by atoms with E-state index in [1.54, 1.807) is 17.0 Å². The van der Waals surface area contributed by atoms with E-state index in [4.69, 9.17) is 10.5 Å². The molecular formula is C15H23ClN2O4S. The molecule has 2 N–H and O–H groups in total. The van der Waals surface area contributed by atoms with Gasteiger partial charge in [-0.05, 0) is 37.1 Å². The second kappa shape index (κ2) is 8.52. The van der Waals surface area contributed by atoms with Crippen molar-refractivity contribution in [2.45, 2.75) is 30.2 Å². The summed E-state index contributed by atoms with van der Waals surface area (Å²) in [6.07, 6.45) is 3.36. The number of halogens is 1. The monoisotopic (exact) mass is 362 g/mol. The second-order valence-electron chi connectivity index (χ2n) is 5.58. The van der Waals surface area contributed by atoms with Crippen molar-refractivity contribution >= 4 is 28.2 Å². The normalized spacial score (nSPS) is 18.2. The van der Waals surface area contributed by atoms with Crippen molar-refractivity contribution in [3.63, 3.8) is 0 Å². The van der Waals surface area contributed by atoms with Crippen LogP contribution in [0.25, 0.3) is 0 Å². The molecule has 1 atom stereocenters. The van der Waals surface area contributed by atoms with E-state index >= 15 is 0 Å². The standard InChI is InChI=1S/C15H22N2O4S.ClH/c1-22(19,20)14-6-4-13(5-7-14)21-10-8-15(18)17-9-2-3-12(16)11-17;/h4-7,12H,2-3,8-11,16H2,1H3;1H. The van der Waals surface area contributed by atoms with Crippen LogP contribution >= 0.6 is 12.4 Å². The van der Waals surface area contributed by atoms with Gasteiger partial charge in [-0.3, -0.25) is 4.79 Å². The molecule has 1 aromatic carbocycles. The number of hydrogen-bond acceptors (Lipinski definition) is 5. The molecule has 1 aliphatic heterocycles. The Kier molecular flexibility index (Phi) is 7.31. The molecule has 1 fully saturated rings. The van der Waals surface area contributed by atoms with Crippen molar-refractivity contribution in [3.05, 3.63) is 24.3 Å². The molecule has 0 aliphatic carbocycles. The molecule has 0 spiro atoms. The lowest BCUT2D eigenvalue weighted by atomic mass is 10.1. The van der Waals surface area contributed by atoms with E-state index < -0.39 is 9.84 Å². The number of rotatable bonds is 5. The average Bonchev–Trinajstić information content (AvgIpc) is 2.47. The van der Waals surface area contributed by atoms with Gasteiger partial charge in [0.15, 0.2) is 9.84 Å². The third-order valence-electron chi connectivity index (χ3n) is 3.65. The number of piperidine rings is 1. The first-order chi connectivity index (χ1) is 10.4. The lowest BCUT2D eigenvalue weighted by molar-refractivity contribution is -0.132. The van der Waals surface area contributed by atoms with Crippen LogP contribution < -0.4 is 10.5 Å². The number of carbonyl (C=O) groups excluding carboxylic acids is 1. The van der Waals surface area contributed by atoms with Gasteiger partial charge in [0.2, 0.25) is 5.91 Å². The van der Waals surface area contributed by atoms with Gasteiger partial charge < -0.3 is 15.4 Å². The molecule has 130 valence electrons. The number of amides is 1. The Balaban J connectivity index is 0.00000264. The summed E-state index contributed by atoms with van der Waals surface area (Å²) in [5, 5.41) is 0. The summed E-state index contributed by atoms with van der Waals surface area (Å²) in [7, 11) is -3.20. The number of likely N-dealkylation sites (tertiary alicyclic amines) is 1. The molecule has 23 heavy (non-hydrogen) atoms. The van der Waals surface area contributed by atoms with Gasteiger partial charge in [0.1, 0.15) is 5.75 Å². The molecule has 6 nitrogen and oxygen atoms in total. The van der Waals surface area contributed by atoms with Crippen LogP contribution in [-0.4, -0.2) is 51.2 Å². The fraction of sp³-hybridized carbons (Fsp3) is 0.533. The Morgan fingerprint density at radius 3 is 2.57 bits per heavy atom. The maximum atomic E-state index is 12.0. The van der Waals surface area contributed by atoms with Gasteiger partial charge in [0.25, 0.3) is 0 Å². The summed E-state index contributed by atoms with van der Waals surface area (Å²) in [5.74, 6) is 0.596. The molecule has 1 heterocycles. The molecule has 2 rings (SSSR count). The first-order valence-electron chi connectivity index (χ1n) is 7.32. The zero-order chi connectivity index (χ0) is 16.2. The minimum Gasteiger partial charge on any atom is -0.493 e. The first-order valence-corrected chi connectivity index (χ1v) is 9.21. The van der Waals surface area contributed by atoms with Gasteiger partial charge in [0.05, 0.1) is 17.9 Å². The van der Waals surface area contributed by atoms with E-state index in [2.05, 4.69) is 0 Å². The van der Waals surface area contributed by atoms with E-state index in [-0.39, 0.29) is 35.9 Å². The minimum absolute atomic E-state index is 0. The number of hydrogen-bond donors (Lipinski definition) is 1. The smallest absolute Gasteiger partial charge is 0.226 e. The van der Waals surface area contributed by atoms with E-state index in [1.165, 1.54) is 12.1 Å². The van der Waals surface area contributed by atoms with Gasteiger partial charge in [-0.2, -0.15) is 0 Å². The number of sulfone groups is 1. The summed E-state index contributed by atoms with van der Waals surface area (Å²) in [4.78, 5) is 14.1. The third-order valence-corrected chi connectivity index (χ3v) is 4.78. The first kappa shape index (κ1) is 19.7. The molecule has 1 aliphatic rings. The largest absolute Gasteiger partial charge is 0.493 e. The highest BCUT2D eigenvalue weighted by molar-refractivity contribution is 7.90. The Labute approximate surface area is 143 Å². The lowest BCUT2D eigenvalue weighted by Crippen LogP contribution is -2.46. The van der Waals surface area contributed by atoms with E-state index in [0.29, 0.717) is 18.7 Å². The molecule has 0 saturated carbocycles. The van der Waals surface area contributed by atoms with Gasteiger partial charge in [-0.15, -0.1) is 12.4 Å². The van der Waals surface area contributed by atoms with Crippen LogP contribution in [0, 0.1) is 0 Å². The summed E-state index contributed by atoms with van der Waals surface area (Å²) >= 11 is 0. The molecule has 0 bridgehead atoms. The number of benzene rings is 1. The SMILES string of the molecule is CS(=O)(=O)c1ccc(OCCC(=O)N2CCCC(N)C2)cc1.Cl. The van der Waals surface area contributed by atoms with Gasteiger partial charge >= 0.3 is 0 Å². The topological polar surface area (TPSA) is 89.7 Å². The van der Waals surface area contributed by atoms with Crippen LogP contribution in [0.15, 0.2) is 29.2 Å². The zero-order valence-corrected chi connectivity index (χ0v) is 14.7. The van der Waals surface area contributed by atoms with E-state index in [0.717, 1.165) is 25.6 Å². The Morgan fingerprint density at radius 2 is 2.00 bits per heavy atom. The van der Waals surface area contributed by atoms with Gasteiger partial charge in [-0.1, -0.05) is 0 Å². The predicted octanol–water partition coefficient (Wildman–Crippen LogP) is 1.23. The number of ether oxygens (including phenoxy) is 1. The van der Waals surface area contributed by atoms with Crippen LogP contribution in [0.3, 0.4) is 0 Å². The van der Waals surface area contributed by atoms with Gasteiger partial charge in [-0.25, -0.2) is 8.42 Å². The average molecular weight is 363 g/mol. The van der Waals surface area contributed by atoms with Crippen LogP contribution in [0.4, 0.5) is 0 Å². The predicted molar refractivity (Wildman–Crippen MR) is 90.7 cm³/mol. The molecular weight excluding hydrogens is 340 g/mol. The molecule has 8 heteroatoms. The highest BCUT2D eigenvalue weighted by atomic mass is 35.5. The fourth-order valence-corrected chi connectivity index (χ4v) is 3.06. The number of carbonyl (C=O) groups is 1. The van der Waals surface area contributed by atoms with Crippen molar-refractivity contribution in [2.75, 3.05) is 26.0 Å². The Hall–Kier alpha value is -1.31. The van der Waals surface area contributed by atoms with E-state index in [9.17, 15) is 13.2 Å². The molecule has 0 aromatic heterocycles. The van der Waals surface area contributed by atoms with Crippen molar-refractivity contribution in [3.8, 4) is 5.75 Å². The fourth-order valence-electron chi connectivity index (χ4n) is 2.43. The summed E-state index contributed by atoms with van der Waals surface area (Å²) in [6, 6.07) is 6.25. The minimum atomic E-state index is -3.20. The number of nitrogens with two attached hydrogens (primary N) is 1. The van der Waals surface area contributed by atoms with Gasteiger partial charge in [0, 0.05) is 25.4 Å². The molecule has 1 saturated heterocycles. The van der Waals surface area contributed by atoms with Crippen molar-refractivity contribution in [2.24, 2.45) is 5.73 Å². The zero-order valence-electron chi connectivity index (χ0n) is 13.1. The third kappa shape index (κ3) is 6.01. The van der Waals surface area contributed by atoms with Crippen molar-refractivity contribution < 1.29 is 17.9 Å². The van der Waals surface area contributed by atoms with Crippen LogP contribution in [0.1, 0.15) is 19.3 Å². The summed E-state index contributed by atoms with van der Waals surface area (Å²) in [6.45, 7) is 1.64. The quantitative estimate of drug-likeness (QED) is 0.850. The maximum Gasteiger partial charge on any atom is 0.226 e. The Bertz CT molecular complexity index is 619. The highest BCUT2D eigenvalue weighted by Gasteiger charge is 2.20.